The highest BCUT2D eigenvalue weighted by Gasteiger charge is 2.24. The van der Waals surface area contributed by atoms with E-state index in [2.05, 4.69) is 62.1 Å². The lowest BCUT2D eigenvalue weighted by Gasteiger charge is -2.34. The van der Waals surface area contributed by atoms with Gasteiger partial charge >= 0.3 is 0 Å². The van der Waals surface area contributed by atoms with Crippen molar-refractivity contribution in [2.45, 2.75) is 46.4 Å². The van der Waals surface area contributed by atoms with E-state index in [0.29, 0.717) is 12.6 Å². The van der Waals surface area contributed by atoms with Gasteiger partial charge in [0.15, 0.2) is 11.5 Å². The van der Waals surface area contributed by atoms with Crippen molar-refractivity contribution in [2.24, 2.45) is 0 Å². The number of hydrogen-bond donors (Lipinski definition) is 0. The second-order valence-electron chi connectivity index (χ2n) is 8.63. The summed E-state index contributed by atoms with van der Waals surface area (Å²) in [5, 5.41) is 0. The molecule has 0 saturated carbocycles. The molecule has 0 aliphatic carbocycles. The van der Waals surface area contributed by atoms with E-state index >= 15 is 0 Å². The third kappa shape index (κ3) is 4.61. The average Bonchev–Trinajstić information content (AvgIpc) is 2.82. The molecule has 1 atom stereocenters. The summed E-state index contributed by atoms with van der Waals surface area (Å²) in [7, 11) is 3.39. The Morgan fingerprint density at radius 1 is 0.875 bits per heavy atom. The highest BCUT2D eigenvalue weighted by Crippen LogP contribution is 2.36. The Kier molecular flexibility index (Phi) is 6.71. The number of benzene rings is 3. The quantitative estimate of drug-likeness (QED) is 0.458. The van der Waals surface area contributed by atoms with Gasteiger partial charge in [-0.05, 0) is 72.7 Å². The van der Waals surface area contributed by atoms with Crippen molar-refractivity contribution >= 4 is 0 Å². The number of methoxy groups -OCH3 is 2. The van der Waals surface area contributed by atoms with Crippen molar-refractivity contribution in [2.75, 3.05) is 20.8 Å². The van der Waals surface area contributed by atoms with Crippen LogP contribution in [-0.4, -0.2) is 25.7 Å². The Balaban J connectivity index is 1.50. The third-order valence-electron chi connectivity index (χ3n) is 6.49. The number of hydrogen-bond acceptors (Lipinski definition) is 4. The van der Waals surface area contributed by atoms with Gasteiger partial charge in [0.25, 0.3) is 0 Å². The highest BCUT2D eigenvalue weighted by atomic mass is 16.5. The molecule has 4 nitrogen and oxygen atoms in total. The van der Waals surface area contributed by atoms with Gasteiger partial charge in [-0.3, -0.25) is 4.90 Å². The first-order chi connectivity index (χ1) is 15.5. The second-order valence-corrected chi connectivity index (χ2v) is 8.63. The van der Waals surface area contributed by atoms with Crippen molar-refractivity contribution in [1.82, 2.24) is 4.90 Å². The molecule has 0 amide bonds. The molecule has 0 saturated heterocycles. The van der Waals surface area contributed by atoms with E-state index in [1.54, 1.807) is 14.2 Å². The predicted octanol–water partition coefficient (Wildman–Crippen LogP) is 6.02. The molecule has 1 heterocycles. The smallest absolute Gasteiger partial charge is 0.161 e. The van der Waals surface area contributed by atoms with Crippen LogP contribution in [0.3, 0.4) is 0 Å². The van der Waals surface area contributed by atoms with E-state index in [1.807, 2.05) is 18.2 Å². The molecule has 32 heavy (non-hydrogen) atoms. The monoisotopic (exact) mass is 431 g/mol. The van der Waals surface area contributed by atoms with Crippen LogP contribution in [0, 0.1) is 13.8 Å². The number of nitrogens with zero attached hydrogens (tertiary/aromatic N) is 1. The summed E-state index contributed by atoms with van der Waals surface area (Å²) >= 11 is 0. The maximum Gasteiger partial charge on any atom is 0.161 e. The Labute approximate surface area is 191 Å². The van der Waals surface area contributed by atoms with Crippen LogP contribution in [0.25, 0.3) is 0 Å². The Bertz CT molecular complexity index is 1050. The molecule has 0 fully saturated rings. The van der Waals surface area contributed by atoms with Crippen molar-refractivity contribution in [1.29, 1.82) is 0 Å². The summed E-state index contributed by atoms with van der Waals surface area (Å²) in [6.45, 7) is 9.10. The molecule has 1 aliphatic rings. The van der Waals surface area contributed by atoms with E-state index in [9.17, 15) is 0 Å². The first-order valence-electron chi connectivity index (χ1n) is 11.3. The number of rotatable bonds is 7. The predicted molar refractivity (Wildman–Crippen MR) is 129 cm³/mol. The summed E-state index contributed by atoms with van der Waals surface area (Å²) in [6, 6.07) is 19.5. The van der Waals surface area contributed by atoms with Crippen molar-refractivity contribution in [3.05, 3.63) is 88.0 Å². The average molecular weight is 432 g/mol. The van der Waals surface area contributed by atoms with Crippen LogP contribution in [0.5, 0.6) is 17.2 Å². The van der Waals surface area contributed by atoms with Crippen molar-refractivity contribution in [3.8, 4) is 17.2 Å². The van der Waals surface area contributed by atoms with E-state index < -0.39 is 0 Å². The summed E-state index contributed by atoms with van der Waals surface area (Å²) in [6.07, 6.45) is 1.01. The molecule has 0 bridgehead atoms. The van der Waals surface area contributed by atoms with Crippen LogP contribution in [0.15, 0.2) is 54.6 Å². The minimum Gasteiger partial charge on any atom is -0.493 e. The molecular formula is C28H33NO3. The van der Waals surface area contributed by atoms with Gasteiger partial charge in [0.05, 0.1) is 14.2 Å². The van der Waals surface area contributed by atoms with Crippen LogP contribution in [0.2, 0.25) is 0 Å². The summed E-state index contributed by atoms with van der Waals surface area (Å²) < 4.78 is 17.2. The molecule has 4 heteroatoms. The van der Waals surface area contributed by atoms with Gasteiger partial charge in [-0.15, -0.1) is 0 Å². The number of ether oxygens (including phenoxy) is 3. The summed E-state index contributed by atoms with van der Waals surface area (Å²) in [5.74, 6) is 2.60. The van der Waals surface area contributed by atoms with Gasteiger partial charge in [0.1, 0.15) is 12.4 Å². The van der Waals surface area contributed by atoms with Gasteiger partial charge < -0.3 is 14.2 Å². The maximum atomic E-state index is 6.19. The molecule has 1 unspecified atom stereocenters. The molecule has 168 valence electrons. The third-order valence-corrected chi connectivity index (χ3v) is 6.49. The minimum absolute atomic E-state index is 0.316. The lowest BCUT2D eigenvalue weighted by Crippen LogP contribution is -2.33. The molecule has 3 aromatic carbocycles. The van der Waals surface area contributed by atoms with Gasteiger partial charge in [0.2, 0.25) is 0 Å². The van der Waals surface area contributed by atoms with E-state index in [-0.39, 0.29) is 0 Å². The fourth-order valence-electron chi connectivity index (χ4n) is 4.63. The van der Waals surface area contributed by atoms with Crippen LogP contribution in [0.4, 0.5) is 0 Å². The van der Waals surface area contributed by atoms with Crippen LogP contribution in [-0.2, 0) is 19.6 Å². The van der Waals surface area contributed by atoms with Crippen molar-refractivity contribution in [3.63, 3.8) is 0 Å². The van der Waals surface area contributed by atoms with E-state index in [1.165, 1.54) is 33.4 Å². The SMILES string of the molecule is COc1cc2c(cc1OC)CN(C(C)c1cc(C)c(OCc3ccccc3)c(C)c1)CC2. The standard InChI is InChI=1S/C28H33NO3/c1-19-13-24(14-20(2)28(19)32-18-22-9-7-6-8-10-22)21(3)29-12-11-23-15-26(30-4)27(31-5)16-25(23)17-29/h6-10,13-16,21H,11-12,17-18H2,1-5H3. The van der Waals surface area contributed by atoms with Gasteiger partial charge in [-0.2, -0.15) is 0 Å². The first-order valence-corrected chi connectivity index (χ1v) is 11.3. The lowest BCUT2D eigenvalue weighted by molar-refractivity contribution is 0.191. The van der Waals surface area contributed by atoms with E-state index in [0.717, 1.165) is 36.8 Å². The second kappa shape index (κ2) is 9.66. The lowest BCUT2D eigenvalue weighted by atomic mass is 9.95. The molecule has 0 spiro atoms. The van der Waals surface area contributed by atoms with Crippen LogP contribution >= 0.6 is 0 Å². The normalized spacial score (nSPS) is 14.5. The van der Waals surface area contributed by atoms with E-state index in [4.69, 9.17) is 14.2 Å². The number of aryl methyl sites for hydroxylation is 2. The molecular weight excluding hydrogens is 398 g/mol. The summed E-state index contributed by atoms with van der Waals surface area (Å²) in [4.78, 5) is 2.53. The summed E-state index contributed by atoms with van der Waals surface area (Å²) in [5.41, 5.74) is 7.55. The molecule has 3 aromatic rings. The zero-order valence-electron chi connectivity index (χ0n) is 19.8. The Hall–Kier alpha value is -2.98. The first kappa shape index (κ1) is 22.2. The minimum atomic E-state index is 0.316. The van der Waals surface area contributed by atoms with Gasteiger partial charge in [-0.1, -0.05) is 42.5 Å². The topological polar surface area (TPSA) is 30.9 Å². The maximum absolute atomic E-state index is 6.19. The number of fused-ring (bicyclic) bond motifs is 1. The zero-order valence-corrected chi connectivity index (χ0v) is 19.8. The molecule has 0 radical (unpaired) electrons. The molecule has 1 aliphatic heterocycles. The fourth-order valence-corrected chi connectivity index (χ4v) is 4.63. The van der Waals surface area contributed by atoms with Gasteiger partial charge in [-0.25, -0.2) is 0 Å². The van der Waals surface area contributed by atoms with Crippen LogP contribution in [0.1, 0.15) is 46.3 Å². The molecule has 4 rings (SSSR count). The zero-order chi connectivity index (χ0) is 22.7. The Morgan fingerprint density at radius 3 is 2.12 bits per heavy atom. The van der Waals surface area contributed by atoms with Gasteiger partial charge in [0, 0.05) is 19.1 Å². The fraction of sp³-hybridized carbons (Fsp3) is 0.357. The largest absolute Gasteiger partial charge is 0.493 e. The molecule has 0 aromatic heterocycles. The van der Waals surface area contributed by atoms with Crippen molar-refractivity contribution < 1.29 is 14.2 Å². The highest BCUT2D eigenvalue weighted by molar-refractivity contribution is 5.49. The van der Waals surface area contributed by atoms with Crippen LogP contribution < -0.4 is 14.2 Å². The Morgan fingerprint density at radius 2 is 1.50 bits per heavy atom. The molecule has 0 N–H and O–H groups in total.